The SMILES string of the molecule is COc1ccc(NC(=O)COc2cccc(Br)c2)c([N+](=O)[O-])c1. The van der Waals surface area contributed by atoms with Crippen LogP contribution in [0.4, 0.5) is 11.4 Å². The third-order valence-electron chi connectivity index (χ3n) is 2.84. The summed E-state index contributed by atoms with van der Waals surface area (Å²) in [6.45, 7) is -0.264. The van der Waals surface area contributed by atoms with Gasteiger partial charge in [-0.15, -0.1) is 0 Å². The molecule has 0 spiro atoms. The van der Waals surface area contributed by atoms with E-state index in [9.17, 15) is 14.9 Å². The maximum atomic E-state index is 11.9. The largest absolute Gasteiger partial charge is 0.496 e. The Kier molecular flexibility index (Phi) is 5.53. The summed E-state index contributed by atoms with van der Waals surface area (Å²) in [5, 5.41) is 13.5. The van der Waals surface area contributed by atoms with Crippen LogP contribution in [0, 0.1) is 10.1 Å². The monoisotopic (exact) mass is 380 g/mol. The fraction of sp³-hybridized carbons (Fsp3) is 0.133. The van der Waals surface area contributed by atoms with Gasteiger partial charge >= 0.3 is 0 Å². The van der Waals surface area contributed by atoms with Crippen molar-refractivity contribution in [2.24, 2.45) is 0 Å². The van der Waals surface area contributed by atoms with Crippen LogP contribution in [0.1, 0.15) is 0 Å². The molecule has 1 N–H and O–H groups in total. The van der Waals surface area contributed by atoms with Crippen LogP contribution in [0.15, 0.2) is 46.9 Å². The molecule has 2 aromatic carbocycles. The molecule has 0 aliphatic heterocycles. The van der Waals surface area contributed by atoms with Gasteiger partial charge in [0.05, 0.1) is 18.1 Å². The lowest BCUT2D eigenvalue weighted by atomic mass is 10.2. The lowest BCUT2D eigenvalue weighted by Gasteiger charge is -2.09. The molecule has 2 rings (SSSR count). The lowest BCUT2D eigenvalue weighted by Crippen LogP contribution is -2.20. The predicted octanol–water partition coefficient (Wildman–Crippen LogP) is 3.38. The molecule has 2 aromatic rings. The van der Waals surface area contributed by atoms with Gasteiger partial charge in [-0.05, 0) is 30.3 Å². The molecule has 0 aromatic heterocycles. The van der Waals surface area contributed by atoms with Gasteiger partial charge in [0.1, 0.15) is 17.2 Å². The van der Waals surface area contributed by atoms with E-state index in [-0.39, 0.29) is 18.0 Å². The molecule has 0 radical (unpaired) electrons. The van der Waals surface area contributed by atoms with Gasteiger partial charge in [-0.1, -0.05) is 22.0 Å². The van der Waals surface area contributed by atoms with Gasteiger partial charge in [-0.2, -0.15) is 0 Å². The zero-order valence-corrected chi connectivity index (χ0v) is 13.7. The van der Waals surface area contributed by atoms with Crippen LogP contribution in [-0.4, -0.2) is 24.5 Å². The van der Waals surface area contributed by atoms with Crippen molar-refractivity contribution in [1.29, 1.82) is 0 Å². The standard InChI is InChI=1S/C15H13BrN2O5/c1-22-11-5-6-13(14(8-11)18(20)21)17-15(19)9-23-12-4-2-3-10(16)7-12/h2-8H,9H2,1H3,(H,17,19). The number of hydrogen-bond acceptors (Lipinski definition) is 5. The Bertz CT molecular complexity index is 736. The van der Waals surface area contributed by atoms with E-state index in [1.807, 2.05) is 6.07 Å². The molecular weight excluding hydrogens is 368 g/mol. The first-order valence-electron chi connectivity index (χ1n) is 6.50. The summed E-state index contributed by atoms with van der Waals surface area (Å²) >= 11 is 3.29. The maximum absolute atomic E-state index is 11.9. The molecular formula is C15H13BrN2O5. The molecule has 1 amide bonds. The molecule has 8 heteroatoms. The number of halogens is 1. The maximum Gasteiger partial charge on any atom is 0.296 e. The molecule has 0 fully saturated rings. The van der Waals surface area contributed by atoms with Gasteiger partial charge in [0.25, 0.3) is 11.6 Å². The minimum Gasteiger partial charge on any atom is -0.496 e. The van der Waals surface area contributed by atoms with Crippen molar-refractivity contribution in [3.8, 4) is 11.5 Å². The molecule has 0 aliphatic rings. The Balaban J connectivity index is 2.04. The summed E-state index contributed by atoms with van der Waals surface area (Å²) in [6, 6.07) is 11.2. The normalized spacial score (nSPS) is 10.0. The molecule has 0 heterocycles. The van der Waals surface area contributed by atoms with Crippen molar-refractivity contribution >= 4 is 33.2 Å². The summed E-state index contributed by atoms with van der Waals surface area (Å²) in [4.78, 5) is 22.4. The molecule has 0 aliphatic carbocycles. The number of methoxy groups -OCH3 is 1. The number of nitro groups is 1. The Hall–Kier alpha value is -2.61. The van der Waals surface area contributed by atoms with Crippen molar-refractivity contribution in [3.05, 3.63) is 57.1 Å². The van der Waals surface area contributed by atoms with Crippen LogP contribution in [0.2, 0.25) is 0 Å². The fourth-order valence-corrected chi connectivity index (χ4v) is 2.17. The number of nitro benzene ring substituents is 1. The first-order valence-corrected chi connectivity index (χ1v) is 7.29. The Morgan fingerprint density at radius 3 is 2.70 bits per heavy atom. The number of rotatable bonds is 6. The zero-order chi connectivity index (χ0) is 16.8. The molecule has 0 unspecified atom stereocenters. The summed E-state index contributed by atoms with van der Waals surface area (Å²) in [7, 11) is 1.41. The van der Waals surface area contributed by atoms with E-state index in [2.05, 4.69) is 21.2 Å². The van der Waals surface area contributed by atoms with E-state index in [0.717, 1.165) is 4.47 Å². The second-order valence-electron chi connectivity index (χ2n) is 4.43. The van der Waals surface area contributed by atoms with E-state index in [1.54, 1.807) is 18.2 Å². The average Bonchev–Trinajstić information content (AvgIpc) is 2.53. The first kappa shape index (κ1) is 16.8. The summed E-state index contributed by atoms with van der Waals surface area (Å²) < 4.78 is 11.1. The van der Waals surface area contributed by atoms with Crippen molar-refractivity contribution < 1.29 is 19.2 Å². The van der Waals surface area contributed by atoms with Crippen LogP contribution < -0.4 is 14.8 Å². The van der Waals surface area contributed by atoms with Gasteiger partial charge < -0.3 is 14.8 Å². The Morgan fingerprint density at radius 1 is 1.26 bits per heavy atom. The molecule has 0 saturated carbocycles. The van der Waals surface area contributed by atoms with Gasteiger partial charge in [-0.25, -0.2) is 0 Å². The van der Waals surface area contributed by atoms with Crippen molar-refractivity contribution in [2.45, 2.75) is 0 Å². The minimum absolute atomic E-state index is 0.0821. The van der Waals surface area contributed by atoms with Crippen LogP contribution in [0.25, 0.3) is 0 Å². The number of hydrogen-bond donors (Lipinski definition) is 1. The summed E-state index contributed by atoms with van der Waals surface area (Å²) in [5.41, 5.74) is -0.168. The smallest absolute Gasteiger partial charge is 0.296 e. The molecule has 120 valence electrons. The highest BCUT2D eigenvalue weighted by Gasteiger charge is 2.17. The van der Waals surface area contributed by atoms with Gasteiger partial charge in [0.2, 0.25) is 0 Å². The highest BCUT2D eigenvalue weighted by Crippen LogP contribution is 2.28. The number of nitrogens with one attached hydrogen (secondary N) is 1. The van der Waals surface area contributed by atoms with E-state index in [0.29, 0.717) is 11.5 Å². The van der Waals surface area contributed by atoms with Crippen molar-refractivity contribution in [2.75, 3.05) is 19.0 Å². The fourth-order valence-electron chi connectivity index (χ4n) is 1.79. The van der Waals surface area contributed by atoms with Gasteiger partial charge in [0, 0.05) is 4.47 Å². The second kappa shape index (κ2) is 7.59. The second-order valence-corrected chi connectivity index (χ2v) is 5.35. The van der Waals surface area contributed by atoms with E-state index in [4.69, 9.17) is 9.47 Å². The first-order chi connectivity index (χ1) is 11.0. The summed E-state index contributed by atoms with van der Waals surface area (Å²) in [5.74, 6) is 0.345. The lowest BCUT2D eigenvalue weighted by molar-refractivity contribution is -0.384. The van der Waals surface area contributed by atoms with Gasteiger partial charge in [0.15, 0.2) is 6.61 Å². The number of nitrogens with zero attached hydrogens (tertiary/aromatic N) is 1. The molecule has 0 atom stereocenters. The molecule has 23 heavy (non-hydrogen) atoms. The number of anilines is 1. The van der Waals surface area contributed by atoms with Crippen molar-refractivity contribution in [1.82, 2.24) is 0 Å². The highest BCUT2D eigenvalue weighted by atomic mass is 79.9. The molecule has 0 bridgehead atoms. The third-order valence-corrected chi connectivity index (χ3v) is 3.33. The number of benzene rings is 2. The molecule has 7 nitrogen and oxygen atoms in total. The highest BCUT2D eigenvalue weighted by molar-refractivity contribution is 9.10. The van der Waals surface area contributed by atoms with Gasteiger partial charge in [-0.3, -0.25) is 14.9 Å². The Labute approximate surface area is 140 Å². The topological polar surface area (TPSA) is 90.7 Å². The van der Waals surface area contributed by atoms with E-state index >= 15 is 0 Å². The van der Waals surface area contributed by atoms with E-state index in [1.165, 1.54) is 25.3 Å². The van der Waals surface area contributed by atoms with Crippen LogP contribution in [-0.2, 0) is 4.79 Å². The quantitative estimate of drug-likeness (QED) is 0.612. The average molecular weight is 381 g/mol. The van der Waals surface area contributed by atoms with Crippen molar-refractivity contribution in [3.63, 3.8) is 0 Å². The molecule has 0 saturated heterocycles. The van der Waals surface area contributed by atoms with Crippen LogP contribution in [0.3, 0.4) is 0 Å². The number of carbonyl (C=O) groups is 1. The van der Waals surface area contributed by atoms with Crippen LogP contribution in [0.5, 0.6) is 11.5 Å². The Morgan fingerprint density at radius 2 is 2.04 bits per heavy atom. The number of ether oxygens (including phenoxy) is 2. The third kappa shape index (κ3) is 4.68. The van der Waals surface area contributed by atoms with Crippen LogP contribution >= 0.6 is 15.9 Å². The number of carbonyl (C=O) groups excluding carboxylic acids is 1. The summed E-state index contributed by atoms with van der Waals surface area (Å²) in [6.07, 6.45) is 0. The zero-order valence-electron chi connectivity index (χ0n) is 12.1. The predicted molar refractivity (Wildman–Crippen MR) is 87.9 cm³/mol. The minimum atomic E-state index is -0.590. The van der Waals surface area contributed by atoms with E-state index < -0.39 is 10.8 Å². The number of amides is 1.